The normalized spacial score (nSPS) is 10.5. The molecule has 2 nitrogen and oxygen atoms in total. The molecule has 0 saturated heterocycles. The minimum absolute atomic E-state index is 0. The Balaban J connectivity index is 0.00000121. The van der Waals surface area contributed by atoms with Gasteiger partial charge in [0.2, 0.25) is 0 Å². The first kappa shape index (κ1) is 12.8. The molecule has 0 N–H and O–H groups in total. The monoisotopic (exact) mass is 230 g/mol. The largest absolute Gasteiger partial charge is 1.00 e. The van der Waals surface area contributed by atoms with Crippen LogP contribution in [0.25, 0.3) is 0 Å². The predicted molar refractivity (Wildman–Crippen MR) is 46.0 cm³/mol. The Bertz CT molecular complexity index is 346. The van der Waals surface area contributed by atoms with E-state index in [1.807, 2.05) is 0 Å². The molecule has 0 saturated carbocycles. The molecule has 0 atom stereocenters. The van der Waals surface area contributed by atoms with Gasteiger partial charge in [-0.15, -0.1) is 0 Å². The maximum Gasteiger partial charge on any atom is 1.00 e. The van der Waals surface area contributed by atoms with Crippen LogP contribution in [-0.2, 0) is 20.5 Å². The van der Waals surface area contributed by atoms with E-state index < -0.39 is 8.87 Å². The van der Waals surface area contributed by atoms with Crippen LogP contribution in [0.1, 0.15) is 0 Å². The summed E-state index contributed by atoms with van der Waals surface area (Å²) in [6, 6.07) is 5.73. The van der Waals surface area contributed by atoms with Gasteiger partial charge >= 0.3 is 29.6 Å². The zero-order valence-electron chi connectivity index (χ0n) is 6.32. The van der Waals surface area contributed by atoms with Crippen LogP contribution in [0.15, 0.2) is 29.2 Å². The van der Waals surface area contributed by atoms with E-state index in [9.17, 15) is 8.42 Å². The molecule has 1 aromatic carbocycles. The van der Waals surface area contributed by atoms with Crippen molar-refractivity contribution in [3.63, 3.8) is 0 Å². The Labute approximate surface area is 103 Å². The number of hydrogen-bond acceptors (Lipinski definition) is 3. The van der Waals surface area contributed by atoms with Crippen molar-refractivity contribution < 1.29 is 38.0 Å². The molecule has 0 unspecified atom stereocenters. The third-order valence-corrected chi connectivity index (χ3v) is 2.78. The molecule has 0 radical (unpaired) electrons. The number of halogens is 1. The molecule has 60 valence electrons. The van der Waals surface area contributed by atoms with Gasteiger partial charge in [-0.2, -0.15) is 0 Å². The fourth-order valence-corrected chi connectivity index (χ4v) is 1.53. The summed E-state index contributed by atoms with van der Waals surface area (Å²) >= 11 is 9.76. The average molecular weight is 231 g/mol. The van der Waals surface area contributed by atoms with Crippen LogP contribution in [0.5, 0.6) is 0 Å². The molecule has 6 heteroatoms. The Morgan fingerprint density at radius 3 is 1.92 bits per heavy atom. The molecule has 0 aromatic heterocycles. The Morgan fingerprint density at radius 1 is 1.17 bits per heavy atom. The van der Waals surface area contributed by atoms with Crippen molar-refractivity contribution in [1.29, 1.82) is 0 Å². The number of benzene rings is 1. The Hall–Kier alpha value is 0.810. The van der Waals surface area contributed by atoms with Gasteiger partial charge in [-0.05, 0) is 24.3 Å². The van der Waals surface area contributed by atoms with Crippen LogP contribution in [-0.4, -0.2) is 8.42 Å². The first-order valence-electron chi connectivity index (χ1n) is 2.71. The van der Waals surface area contributed by atoms with Crippen molar-refractivity contribution in [2.24, 2.45) is 0 Å². The minimum Gasteiger partial charge on any atom is -0.644 e. The fourth-order valence-electron chi connectivity index (χ4n) is 0.601. The van der Waals surface area contributed by atoms with E-state index in [1.165, 1.54) is 24.3 Å². The van der Waals surface area contributed by atoms with Gasteiger partial charge < -0.3 is 11.7 Å². The molecule has 0 bridgehead atoms. The van der Waals surface area contributed by atoms with Crippen molar-refractivity contribution in [1.82, 2.24) is 0 Å². The van der Waals surface area contributed by atoms with Gasteiger partial charge in [-0.25, -0.2) is 8.42 Å². The van der Waals surface area contributed by atoms with Crippen molar-refractivity contribution >= 4 is 32.1 Å². The van der Waals surface area contributed by atoms with Crippen LogP contribution < -0.4 is 29.6 Å². The molecule has 0 aliphatic carbocycles. The van der Waals surface area contributed by atoms with Gasteiger partial charge in [0, 0.05) is 9.92 Å². The second kappa shape index (κ2) is 4.88. The molecule has 0 spiro atoms. The van der Waals surface area contributed by atoms with E-state index in [4.69, 9.17) is 11.6 Å². The van der Waals surface area contributed by atoms with Crippen molar-refractivity contribution in [3.05, 3.63) is 29.3 Å². The summed E-state index contributed by atoms with van der Waals surface area (Å²) in [7, 11) is -3.49. The standard InChI is InChI=1S/C6H5ClO2S2.Na/c7-5-1-3-6(4-2-5)11(8,9)10;/h1-4H,(H,8,9,10);/q;+1/p-1. The molecule has 1 rings (SSSR count). The summed E-state index contributed by atoms with van der Waals surface area (Å²) < 4.78 is 21.4. The molecular weight excluding hydrogens is 227 g/mol. The van der Waals surface area contributed by atoms with Crippen LogP contribution in [0.4, 0.5) is 0 Å². The van der Waals surface area contributed by atoms with Crippen molar-refractivity contribution in [3.8, 4) is 0 Å². The quantitative estimate of drug-likeness (QED) is 0.337. The van der Waals surface area contributed by atoms with Crippen LogP contribution in [0.3, 0.4) is 0 Å². The summed E-state index contributed by atoms with van der Waals surface area (Å²) in [6.07, 6.45) is 0. The maximum absolute atomic E-state index is 10.7. The summed E-state index contributed by atoms with van der Waals surface area (Å²) in [6.45, 7) is 0. The smallest absolute Gasteiger partial charge is 0.644 e. The summed E-state index contributed by atoms with van der Waals surface area (Å²) in [5.74, 6) is 0. The molecule has 0 fully saturated rings. The first-order valence-corrected chi connectivity index (χ1v) is 5.50. The maximum atomic E-state index is 10.7. The minimum atomic E-state index is -3.49. The van der Waals surface area contributed by atoms with Gasteiger partial charge in [-0.3, -0.25) is 0 Å². The SMILES string of the molecule is O=S(=O)([S-])c1ccc(Cl)cc1.[Na+]. The molecule has 0 heterocycles. The molecule has 12 heavy (non-hydrogen) atoms. The molecular formula is C6H4ClNaO2S2. The zero-order valence-corrected chi connectivity index (χ0v) is 10.7. The summed E-state index contributed by atoms with van der Waals surface area (Å²) in [5, 5.41) is 0.493. The zero-order chi connectivity index (χ0) is 8.48. The number of rotatable bonds is 1. The van der Waals surface area contributed by atoms with Crippen molar-refractivity contribution in [2.75, 3.05) is 0 Å². The molecule has 0 aliphatic heterocycles. The third kappa shape index (κ3) is 3.68. The van der Waals surface area contributed by atoms with E-state index in [-0.39, 0.29) is 34.5 Å². The first-order chi connectivity index (χ1) is 5.00. The fraction of sp³-hybridized carbons (Fsp3) is 0. The topological polar surface area (TPSA) is 34.1 Å². The second-order valence-electron chi connectivity index (χ2n) is 1.91. The molecule has 0 aliphatic rings. The second-order valence-corrected chi connectivity index (χ2v) is 5.04. The number of hydrogen-bond donors (Lipinski definition) is 0. The van der Waals surface area contributed by atoms with Crippen molar-refractivity contribution in [2.45, 2.75) is 4.90 Å². The van der Waals surface area contributed by atoms with E-state index in [1.54, 1.807) is 0 Å². The van der Waals surface area contributed by atoms with E-state index >= 15 is 0 Å². The van der Waals surface area contributed by atoms with Gasteiger partial charge in [-0.1, -0.05) is 11.6 Å². The Kier molecular flexibility index (Phi) is 5.21. The Morgan fingerprint density at radius 2 is 1.58 bits per heavy atom. The van der Waals surface area contributed by atoms with Gasteiger partial charge in [0.05, 0.1) is 8.87 Å². The summed E-state index contributed by atoms with van der Waals surface area (Å²) in [4.78, 5) is 0.108. The van der Waals surface area contributed by atoms with Gasteiger partial charge in [0.25, 0.3) is 0 Å². The van der Waals surface area contributed by atoms with E-state index in [2.05, 4.69) is 11.7 Å². The van der Waals surface area contributed by atoms with Crippen LogP contribution in [0, 0.1) is 0 Å². The predicted octanol–water partition coefficient (Wildman–Crippen LogP) is -1.42. The van der Waals surface area contributed by atoms with E-state index in [0.29, 0.717) is 5.02 Å². The van der Waals surface area contributed by atoms with Gasteiger partial charge in [0.15, 0.2) is 0 Å². The van der Waals surface area contributed by atoms with E-state index in [0.717, 1.165) is 0 Å². The summed E-state index contributed by atoms with van der Waals surface area (Å²) in [5.41, 5.74) is 0. The van der Waals surface area contributed by atoms with Gasteiger partial charge in [0.1, 0.15) is 0 Å². The molecule has 0 amide bonds. The van der Waals surface area contributed by atoms with Crippen LogP contribution in [0.2, 0.25) is 5.02 Å². The van der Waals surface area contributed by atoms with Crippen LogP contribution >= 0.6 is 11.6 Å². The molecule has 1 aromatic rings. The third-order valence-electron chi connectivity index (χ3n) is 1.10. The average Bonchev–Trinajstić information content (AvgIpc) is 1.86.